The highest BCUT2D eigenvalue weighted by Crippen LogP contribution is 2.24. The van der Waals surface area contributed by atoms with E-state index in [2.05, 4.69) is 9.88 Å². The van der Waals surface area contributed by atoms with Crippen LogP contribution >= 0.6 is 11.3 Å². The topological polar surface area (TPSA) is 61.6 Å². The molecule has 7 heteroatoms. The third-order valence-corrected chi connectivity index (χ3v) is 4.99. The van der Waals surface area contributed by atoms with Crippen molar-refractivity contribution < 1.29 is 9.90 Å². The maximum absolute atomic E-state index is 12.8. The lowest BCUT2D eigenvalue weighted by molar-refractivity contribution is 0.0606. The number of nitrogens with zero attached hydrogens (tertiary/aromatic N) is 4. The molecule has 2 aromatic rings. The number of rotatable bonds is 4. The van der Waals surface area contributed by atoms with Crippen LogP contribution in [0.15, 0.2) is 17.6 Å². The summed E-state index contributed by atoms with van der Waals surface area (Å²) in [6.45, 7) is 5.87. The summed E-state index contributed by atoms with van der Waals surface area (Å²) in [4.78, 5) is 21.3. The number of β-amino-alcohol motifs (C(OH)–C–C–N with tert-alkyl or cyclic N) is 1. The van der Waals surface area contributed by atoms with Crippen molar-refractivity contribution in [3.05, 3.63) is 28.3 Å². The number of aromatic nitrogens is 2. The number of carbonyl (C=O) groups excluding carboxylic acids is 1. The molecule has 0 aliphatic carbocycles. The summed E-state index contributed by atoms with van der Waals surface area (Å²) in [6, 6.07) is 1.93. The van der Waals surface area contributed by atoms with Gasteiger partial charge in [-0.15, -0.1) is 11.3 Å². The molecule has 23 heavy (non-hydrogen) atoms. The van der Waals surface area contributed by atoms with E-state index in [4.69, 9.17) is 5.11 Å². The molecule has 6 nitrogen and oxygen atoms in total. The molecule has 1 saturated heterocycles. The van der Waals surface area contributed by atoms with E-state index in [1.165, 1.54) is 0 Å². The van der Waals surface area contributed by atoms with Gasteiger partial charge in [0.25, 0.3) is 5.91 Å². The van der Waals surface area contributed by atoms with Gasteiger partial charge in [0, 0.05) is 56.9 Å². The molecular formula is C16H22N4O2S. The first kappa shape index (κ1) is 16.2. The molecule has 3 heterocycles. The van der Waals surface area contributed by atoms with Crippen molar-refractivity contribution in [2.24, 2.45) is 7.05 Å². The van der Waals surface area contributed by atoms with Gasteiger partial charge in [0.2, 0.25) is 0 Å². The number of hydrogen-bond acceptors (Lipinski definition) is 5. The molecule has 3 rings (SSSR count). The molecule has 1 amide bonds. The molecule has 0 aromatic carbocycles. The Kier molecular flexibility index (Phi) is 4.79. The van der Waals surface area contributed by atoms with Gasteiger partial charge in [0.15, 0.2) is 0 Å². The zero-order chi connectivity index (χ0) is 16.4. The van der Waals surface area contributed by atoms with E-state index in [0.29, 0.717) is 25.3 Å². The van der Waals surface area contributed by atoms with Gasteiger partial charge in [-0.3, -0.25) is 9.69 Å². The van der Waals surface area contributed by atoms with Crippen LogP contribution in [0.1, 0.15) is 15.5 Å². The molecule has 0 bridgehead atoms. The van der Waals surface area contributed by atoms with Crippen molar-refractivity contribution in [2.75, 3.05) is 39.3 Å². The average Bonchev–Trinajstić information content (AvgIpc) is 3.14. The molecule has 1 N–H and O–H groups in total. The van der Waals surface area contributed by atoms with Crippen LogP contribution in [-0.2, 0) is 7.05 Å². The first-order chi connectivity index (χ1) is 11.1. The highest BCUT2D eigenvalue weighted by molar-refractivity contribution is 7.09. The zero-order valence-corrected chi connectivity index (χ0v) is 14.3. The van der Waals surface area contributed by atoms with E-state index >= 15 is 0 Å². The van der Waals surface area contributed by atoms with Crippen LogP contribution in [0.25, 0.3) is 11.3 Å². The standard InChI is InChI=1S/C16H22N4O2S/c1-12-17-14(11-23-12)13-9-15(18(2)10-13)16(22)20-5-3-19(4-6-20)7-8-21/h9-11,21H,3-8H2,1-2H3. The molecule has 0 saturated carbocycles. The fraction of sp³-hybridized carbons (Fsp3) is 0.500. The maximum atomic E-state index is 12.8. The number of thiazole rings is 1. The normalized spacial score (nSPS) is 16.0. The summed E-state index contributed by atoms with van der Waals surface area (Å²) in [5.41, 5.74) is 2.61. The Morgan fingerprint density at radius 2 is 2.09 bits per heavy atom. The van der Waals surface area contributed by atoms with Gasteiger partial charge in [-0.25, -0.2) is 4.98 Å². The Morgan fingerprint density at radius 3 is 2.70 bits per heavy atom. The lowest BCUT2D eigenvalue weighted by atomic mass is 10.2. The predicted molar refractivity (Wildman–Crippen MR) is 90.7 cm³/mol. The number of amides is 1. The third-order valence-electron chi connectivity index (χ3n) is 4.21. The second kappa shape index (κ2) is 6.82. The number of hydrogen-bond donors (Lipinski definition) is 1. The number of carbonyl (C=O) groups is 1. The molecule has 2 aromatic heterocycles. The number of aliphatic hydroxyl groups excluding tert-OH is 1. The molecule has 1 aliphatic heterocycles. The smallest absolute Gasteiger partial charge is 0.270 e. The van der Waals surface area contributed by atoms with Crippen LogP contribution in [-0.4, -0.2) is 69.7 Å². The summed E-state index contributed by atoms with van der Waals surface area (Å²) < 4.78 is 1.88. The molecule has 1 fully saturated rings. The number of piperazine rings is 1. The van der Waals surface area contributed by atoms with Crippen LogP contribution in [0.3, 0.4) is 0 Å². The Hall–Kier alpha value is -1.70. The quantitative estimate of drug-likeness (QED) is 0.913. The largest absolute Gasteiger partial charge is 0.395 e. The molecule has 0 radical (unpaired) electrons. The van der Waals surface area contributed by atoms with E-state index in [9.17, 15) is 4.79 Å². The van der Waals surface area contributed by atoms with Crippen LogP contribution in [0.5, 0.6) is 0 Å². The molecule has 1 aliphatic rings. The lowest BCUT2D eigenvalue weighted by Crippen LogP contribution is -2.49. The lowest BCUT2D eigenvalue weighted by Gasteiger charge is -2.34. The summed E-state index contributed by atoms with van der Waals surface area (Å²) >= 11 is 1.61. The fourth-order valence-electron chi connectivity index (χ4n) is 2.89. The summed E-state index contributed by atoms with van der Waals surface area (Å²) in [7, 11) is 1.90. The molecular weight excluding hydrogens is 312 g/mol. The summed E-state index contributed by atoms with van der Waals surface area (Å²) in [5.74, 6) is 0.0642. The average molecular weight is 334 g/mol. The Morgan fingerprint density at radius 1 is 1.35 bits per heavy atom. The Balaban J connectivity index is 1.72. The maximum Gasteiger partial charge on any atom is 0.270 e. The number of aryl methyl sites for hydroxylation is 2. The van der Waals surface area contributed by atoms with Crippen LogP contribution in [0.4, 0.5) is 0 Å². The number of aliphatic hydroxyl groups is 1. The van der Waals surface area contributed by atoms with Crippen LogP contribution in [0, 0.1) is 6.92 Å². The van der Waals surface area contributed by atoms with E-state index in [1.807, 2.05) is 41.1 Å². The van der Waals surface area contributed by atoms with Crippen molar-refractivity contribution in [3.8, 4) is 11.3 Å². The van der Waals surface area contributed by atoms with E-state index in [1.54, 1.807) is 11.3 Å². The third kappa shape index (κ3) is 3.46. The van der Waals surface area contributed by atoms with Crippen molar-refractivity contribution in [3.63, 3.8) is 0 Å². The van der Waals surface area contributed by atoms with Gasteiger partial charge in [-0.05, 0) is 13.0 Å². The molecule has 0 spiro atoms. The first-order valence-corrected chi connectivity index (χ1v) is 8.68. The molecule has 0 atom stereocenters. The van der Waals surface area contributed by atoms with Gasteiger partial charge in [-0.2, -0.15) is 0 Å². The minimum atomic E-state index is 0.0642. The van der Waals surface area contributed by atoms with Gasteiger partial charge in [0.1, 0.15) is 5.69 Å². The van der Waals surface area contributed by atoms with Crippen molar-refractivity contribution in [1.82, 2.24) is 19.4 Å². The van der Waals surface area contributed by atoms with Crippen LogP contribution in [0.2, 0.25) is 0 Å². The minimum absolute atomic E-state index is 0.0642. The highest BCUT2D eigenvalue weighted by Gasteiger charge is 2.24. The van der Waals surface area contributed by atoms with Gasteiger partial charge in [-0.1, -0.05) is 0 Å². The van der Waals surface area contributed by atoms with Gasteiger partial charge >= 0.3 is 0 Å². The summed E-state index contributed by atoms with van der Waals surface area (Å²) in [5, 5.41) is 12.0. The second-order valence-electron chi connectivity index (χ2n) is 5.83. The molecule has 0 unspecified atom stereocenters. The Labute approximate surface area is 140 Å². The Bertz CT molecular complexity index is 686. The zero-order valence-electron chi connectivity index (χ0n) is 13.5. The SMILES string of the molecule is Cc1nc(-c2cc(C(=O)N3CCN(CCO)CC3)n(C)c2)cs1. The molecule has 124 valence electrons. The van der Waals surface area contributed by atoms with E-state index in [-0.39, 0.29) is 12.5 Å². The monoisotopic (exact) mass is 334 g/mol. The van der Waals surface area contributed by atoms with Crippen molar-refractivity contribution in [2.45, 2.75) is 6.92 Å². The summed E-state index contributed by atoms with van der Waals surface area (Å²) in [6.07, 6.45) is 1.96. The van der Waals surface area contributed by atoms with Crippen molar-refractivity contribution >= 4 is 17.2 Å². The van der Waals surface area contributed by atoms with Crippen LogP contribution < -0.4 is 0 Å². The fourth-order valence-corrected chi connectivity index (χ4v) is 3.51. The van der Waals surface area contributed by atoms with E-state index < -0.39 is 0 Å². The van der Waals surface area contributed by atoms with Crippen molar-refractivity contribution in [1.29, 1.82) is 0 Å². The van der Waals surface area contributed by atoms with Gasteiger partial charge in [0.05, 0.1) is 17.3 Å². The second-order valence-corrected chi connectivity index (χ2v) is 6.90. The minimum Gasteiger partial charge on any atom is -0.395 e. The first-order valence-electron chi connectivity index (χ1n) is 7.80. The van der Waals surface area contributed by atoms with E-state index in [0.717, 1.165) is 29.4 Å². The highest BCUT2D eigenvalue weighted by atomic mass is 32.1. The predicted octanol–water partition coefficient (Wildman–Crippen LogP) is 1.21. The van der Waals surface area contributed by atoms with Gasteiger partial charge < -0.3 is 14.6 Å².